The number of halogens is 1. The third kappa shape index (κ3) is 3.24. The van der Waals surface area contributed by atoms with Crippen LogP contribution in [0, 0.1) is 5.92 Å². The third-order valence-corrected chi connectivity index (χ3v) is 3.87. The van der Waals surface area contributed by atoms with Crippen molar-refractivity contribution in [3.05, 3.63) is 34.9 Å². The molecule has 1 aliphatic carbocycles. The Morgan fingerprint density at radius 1 is 1.07 bits per heavy atom. The second kappa shape index (κ2) is 5.55. The summed E-state index contributed by atoms with van der Waals surface area (Å²) in [6.45, 7) is 0. The molecular weight excluding hydrogens is 204 g/mol. The lowest BCUT2D eigenvalue weighted by molar-refractivity contribution is 0.339. The van der Waals surface area contributed by atoms with Crippen LogP contribution in [0.2, 0.25) is 5.02 Å². The summed E-state index contributed by atoms with van der Waals surface area (Å²) < 4.78 is 0. The predicted molar refractivity (Wildman–Crippen MR) is 66.3 cm³/mol. The lowest BCUT2D eigenvalue weighted by Crippen LogP contribution is -2.07. The minimum absolute atomic E-state index is 0.938. The van der Waals surface area contributed by atoms with E-state index in [2.05, 4.69) is 12.1 Å². The zero-order valence-corrected chi connectivity index (χ0v) is 9.97. The number of hydrogen-bond acceptors (Lipinski definition) is 0. The summed E-state index contributed by atoms with van der Waals surface area (Å²) in [5, 5.41) is 0.938. The van der Waals surface area contributed by atoms with Crippen LogP contribution < -0.4 is 0 Å². The average molecular weight is 223 g/mol. The molecule has 0 spiro atoms. The van der Waals surface area contributed by atoms with E-state index in [9.17, 15) is 0 Å². The zero-order valence-electron chi connectivity index (χ0n) is 9.21. The molecule has 0 atom stereocenters. The van der Waals surface area contributed by atoms with Gasteiger partial charge in [0.15, 0.2) is 0 Å². The first-order valence-corrected chi connectivity index (χ1v) is 6.47. The Hall–Kier alpha value is -0.490. The van der Waals surface area contributed by atoms with E-state index < -0.39 is 0 Å². The van der Waals surface area contributed by atoms with Crippen molar-refractivity contribution < 1.29 is 0 Å². The SMILES string of the molecule is Clc1ccccc1CCC1CCCCC1. The fourth-order valence-corrected chi connectivity index (χ4v) is 2.77. The number of aryl methyl sites for hydroxylation is 1. The molecule has 15 heavy (non-hydrogen) atoms. The summed E-state index contributed by atoms with van der Waals surface area (Å²) >= 11 is 6.14. The minimum atomic E-state index is 0.938. The third-order valence-electron chi connectivity index (χ3n) is 3.50. The lowest BCUT2D eigenvalue weighted by atomic mass is 9.85. The highest BCUT2D eigenvalue weighted by molar-refractivity contribution is 6.31. The molecule has 0 aromatic heterocycles. The predicted octanol–water partition coefficient (Wildman–Crippen LogP) is 4.85. The number of rotatable bonds is 3. The summed E-state index contributed by atoms with van der Waals surface area (Å²) in [6, 6.07) is 8.25. The molecule has 0 aliphatic heterocycles. The van der Waals surface area contributed by atoms with Gasteiger partial charge in [-0.15, -0.1) is 0 Å². The Morgan fingerprint density at radius 2 is 1.80 bits per heavy atom. The Labute approximate surface area is 97.6 Å². The van der Waals surface area contributed by atoms with Crippen molar-refractivity contribution in [2.24, 2.45) is 5.92 Å². The van der Waals surface area contributed by atoms with Crippen LogP contribution in [-0.4, -0.2) is 0 Å². The van der Waals surface area contributed by atoms with Crippen LogP contribution in [0.5, 0.6) is 0 Å². The highest BCUT2D eigenvalue weighted by atomic mass is 35.5. The second-order valence-electron chi connectivity index (χ2n) is 4.63. The Morgan fingerprint density at radius 3 is 2.53 bits per heavy atom. The first-order valence-electron chi connectivity index (χ1n) is 6.09. The van der Waals surface area contributed by atoms with Gasteiger partial charge in [0.2, 0.25) is 0 Å². The highest BCUT2D eigenvalue weighted by Gasteiger charge is 2.13. The maximum Gasteiger partial charge on any atom is 0.0437 e. The van der Waals surface area contributed by atoms with Crippen LogP contribution in [-0.2, 0) is 6.42 Å². The molecule has 1 heteroatoms. The number of hydrogen-bond donors (Lipinski definition) is 0. The molecule has 0 heterocycles. The Balaban J connectivity index is 1.84. The standard InChI is InChI=1S/C14H19Cl/c15-14-9-5-4-8-13(14)11-10-12-6-2-1-3-7-12/h4-5,8-9,12H,1-3,6-7,10-11H2. The summed E-state index contributed by atoms with van der Waals surface area (Å²) in [6.07, 6.45) is 9.67. The van der Waals surface area contributed by atoms with Gasteiger partial charge in [-0.25, -0.2) is 0 Å². The van der Waals surface area contributed by atoms with Crippen molar-refractivity contribution >= 4 is 11.6 Å². The van der Waals surface area contributed by atoms with Crippen LogP contribution in [0.1, 0.15) is 44.1 Å². The molecule has 1 saturated carbocycles. The molecule has 1 fully saturated rings. The smallest absolute Gasteiger partial charge is 0.0437 e. The zero-order chi connectivity index (χ0) is 10.5. The van der Waals surface area contributed by atoms with Gasteiger partial charge in [0, 0.05) is 5.02 Å². The molecule has 0 unspecified atom stereocenters. The summed E-state index contributed by atoms with van der Waals surface area (Å²) in [5.74, 6) is 0.954. The van der Waals surface area contributed by atoms with Crippen LogP contribution in [0.3, 0.4) is 0 Å². The van der Waals surface area contributed by atoms with Crippen LogP contribution in [0.25, 0.3) is 0 Å². The van der Waals surface area contributed by atoms with E-state index in [1.54, 1.807) is 0 Å². The van der Waals surface area contributed by atoms with Crippen LogP contribution in [0.4, 0.5) is 0 Å². The summed E-state index contributed by atoms with van der Waals surface area (Å²) in [7, 11) is 0. The van der Waals surface area contributed by atoms with E-state index in [1.165, 1.54) is 44.1 Å². The van der Waals surface area contributed by atoms with Gasteiger partial charge < -0.3 is 0 Å². The van der Waals surface area contributed by atoms with Gasteiger partial charge in [0.1, 0.15) is 0 Å². The van der Waals surface area contributed by atoms with Gasteiger partial charge in [-0.2, -0.15) is 0 Å². The molecule has 1 aromatic rings. The van der Waals surface area contributed by atoms with E-state index in [-0.39, 0.29) is 0 Å². The molecule has 2 rings (SSSR count). The van der Waals surface area contributed by atoms with Crippen molar-refractivity contribution in [3.8, 4) is 0 Å². The molecular formula is C14H19Cl. The van der Waals surface area contributed by atoms with E-state index >= 15 is 0 Å². The van der Waals surface area contributed by atoms with Crippen molar-refractivity contribution in [2.75, 3.05) is 0 Å². The molecule has 0 nitrogen and oxygen atoms in total. The number of benzene rings is 1. The molecule has 0 amide bonds. The molecule has 1 aromatic carbocycles. The van der Waals surface area contributed by atoms with Gasteiger partial charge in [-0.1, -0.05) is 61.9 Å². The van der Waals surface area contributed by atoms with Crippen LogP contribution >= 0.6 is 11.6 Å². The first-order chi connectivity index (χ1) is 7.36. The van der Waals surface area contributed by atoms with Crippen molar-refractivity contribution in [2.45, 2.75) is 44.9 Å². The largest absolute Gasteiger partial charge is 0.0840 e. The Bertz CT molecular complexity index is 300. The van der Waals surface area contributed by atoms with E-state index in [0.29, 0.717) is 0 Å². The van der Waals surface area contributed by atoms with Crippen molar-refractivity contribution in [3.63, 3.8) is 0 Å². The topological polar surface area (TPSA) is 0 Å². The maximum absolute atomic E-state index is 6.14. The van der Waals surface area contributed by atoms with E-state index in [4.69, 9.17) is 11.6 Å². The van der Waals surface area contributed by atoms with Crippen LogP contribution in [0.15, 0.2) is 24.3 Å². The van der Waals surface area contributed by atoms with Gasteiger partial charge in [0.05, 0.1) is 0 Å². The molecule has 1 aliphatic rings. The van der Waals surface area contributed by atoms with Gasteiger partial charge in [0.25, 0.3) is 0 Å². The molecule has 0 N–H and O–H groups in total. The quantitative estimate of drug-likeness (QED) is 0.686. The summed E-state index contributed by atoms with van der Waals surface area (Å²) in [4.78, 5) is 0. The highest BCUT2D eigenvalue weighted by Crippen LogP contribution is 2.28. The molecule has 0 bridgehead atoms. The molecule has 0 radical (unpaired) electrons. The van der Waals surface area contributed by atoms with Gasteiger partial charge >= 0.3 is 0 Å². The fourth-order valence-electron chi connectivity index (χ4n) is 2.54. The minimum Gasteiger partial charge on any atom is -0.0840 e. The fraction of sp³-hybridized carbons (Fsp3) is 0.571. The van der Waals surface area contributed by atoms with Gasteiger partial charge in [-0.05, 0) is 30.4 Å². The monoisotopic (exact) mass is 222 g/mol. The maximum atomic E-state index is 6.14. The molecule has 82 valence electrons. The van der Waals surface area contributed by atoms with Crippen molar-refractivity contribution in [1.82, 2.24) is 0 Å². The van der Waals surface area contributed by atoms with E-state index in [1.807, 2.05) is 12.1 Å². The summed E-state index contributed by atoms with van der Waals surface area (Å²) in [5.41, 5.74) is 1.32. The average Bonchev–Trinajstić information content (AvgIpc) is 2.29. The first kappa shape index (κ1) is 11.0. The Kier molecular flexibility index (Phi) is 4.08. The van der Waals surface area contributed by atoms with Gasteiger partial charge in [-0.3, -0.25) is 0 Å². The van der Waals surface area contributed by atoms with Crippen molar-refractivity contribution in [1.29, 1.82) is 0 Å². The second-order valence-corrected chi connectivity index (χ2v) is 5.04. The molecule has 0 saturated heterocycles. The van der Waals surface area contributed by atoms with E-state index in [0.717, 1.165) is 17.4 Å². The normalized spacial score (nSPS) is 17.9. The lowest BCUT2D eigenvalue weighted by Gasteiger charge is -2.21.